The van der Waals surface area contributed by atoms with E-state index in [0.29, 0.717) is 21.3 Å². The van der Waals surface area contributed by atoms with Gasteiger partial charge < -0.3 is 5.11 Å². The van der Waals surface area contributed by atoms with Crippen molar-refractivity contribution in [2.24, 2.45) is 5.10 Å². The summed E-state index contributed by atoms with van der Waals surface area (Å²) in [4.78, 5) is 24.1. The zero-order chi connectivity index (χ0) is 19.9. The van der Waals surface area contributed by atoms with Gasteiger partial charge in [-0.15, -0.1) is 10.2 Å². The van der Waals surface area contributed by atoms with Gasteiger partial charge in [0, 0.05) is 5.56 Å². The second-order valence-corrected chi connectivity index (χ2v) is 6.95. The molecule has 1 heterocycles. The molecule has 0 unspecified atom stereocenters. The Morgan fingerprint density at radius 3 is 2.71 bits per heavy atom. The number of aromatic hydroxyl groups is 1. The largest absolute Gasteiger partial charge is 0.508 e. The first kappa shape index (κ1) is 19.2. The highest BCUT2D eigenvalue weighted by Crippen LogP contribution is 2.17. The van der Waals surface area contributed by atoms with Gasteiger partial charge in [-0.3, -0.25) is 14.9 Å². The molecule has 3 aromatic rings. The molecule has 8 nitrogen and oxygen atoms in total. The number of phenols is 1. The number of nitrogens with zero attached hydrogens (tertiary/aromatic N) is 3. The summed E-state index contributed by atoms with van der Waals surface area (Å²) in [6.45, 7) is 1.94. The number of carbonyl (C=O) groups is 2. The average Bonchev–Trinajstić information content (AvgIpc) is 3.09. The second kappa shape index (κ2) is 8.87. The maximum Gasteiger partial charge on any atom is 0.257 e. The van der Waals surface area contributed by atoms with E-state index >= 15 is 0 Å². The Hall–Kier alpha value is -3.59. The number of anilines is 1. The predicted octanol–water partition coefficient (Wildman–Crippen LogP) is 2.50. The van der Waals surface area contributed by atoms with Crippen molar-refractivity contribution in [3.8, 4) is 5.75 Å². The molecule has 0 aliphatic carbocycles. The van der Waals surface area contributed by atoms with Crippen LogP contribution in [0.4, 0.5) is 5.13 Å². The molecule has 1 aromatic heterocycles. The topological polar surface area (TPSA) is 117 Å². The van der Waals surface area contributed by atoms with Crippen LogP contribution >= 0.6 is 11.3 Å². The van der Waals surface area contributed by atoms with Gasteiger partial charge >= 0.3 is 0 Å². The number of aryl methyl sites for hydroxylation is 1. The van der Waals surface area contributed by atoms with Crippen LogP contribution in [-0.2, 0) is 11.2 Å². The summed E-state index contributed by atoms with van der Waals surface area (Å²) in [6.07, 6.45) is 1.40. The van der Waals surface area contributed by atoms with Crippen LogP contribution in [-0.4, -0.2) is 33.3 Å². The van der Waals surface area contributed by atoms with Crippen molar-refractivity contribution in [2.75, 3.05) is 5.32 Å². The molecule has 0 fully saturated rings. The van der Waals surface area contributed by atoms with Crippen LogP contribution in [0.15, 0.2) is 53.6 Å². The number of aromatic nitrogens is 2. The Kier molecular flexibility index (Phi) is 6.07. The summed E-state index contributed by atoms with van der Waals surface area (Å²) in [5.41, 5.74) is 4.61. The van der Waals surface area contributed by atoms with Crippen molar-refractivity contribution in [1.82, 2.24) is 15.6 Å². The molecule has 142 valence electrons. The number of hydrazone groups is 1. The standard InChI is InChI=1S/C19H17N5O3S/c1-12-5-7-14(8-6-12)18(27)21-19-24-23-17(28-19)10-16(26)22-20-11-13-3-2-4-15(25)9-13/h2-9,11,25H,10H2,1H3,(H,22,26)(H,21,24,27)/b20-11+. The zero-order valence-corrected chi connectivity index (χ0v) is 15.7. The van der Waals surface area contributed by atoms with E-state index in [1.807, 2.05) is 19.1 Å². The van der Waals surface area contributed by atoms with Crippen molar-refractivity contribution in [2.45, 2.75) is 13.3 Å². The molecular weight excluding hydrogens is 378 g/mol. The SMILES string of the molecule is Cc1ccc(C(=O)Nc2nnc(CC(=O)N/N=C/c3cccc(O)c3)s2)cc1. The number of phenolic OH excluding ortho intramolecular Hbond substituents is 1. The lowest BCUT2D eigenvalue weighted by Crippen LogP contribution is -2.19. The van der Waals surface area contributed by atoms with Gasteiger partial charge in [0.15, 0.2) is 0 Å². The van der Waals surface area contributed by atoms with Gasteiger partial charge in [0.2, 0.25) is 11.0 Å². The molecule has 3 N–H and O–H groups in total. The third-order valence-corrected chi connectivity index (χ3v) is 4.42. The van der Waals surface area contributed by atoms with E-state index in [9.17, 15) is 14.7 Å². The first-order valence-electron chi connectivity index (χ1n) is 8.31. The van der Waals surface area contributed by atoms with Crippen LogP contribution in [0.25, 0.3) is 0 Å². The highest BCUT2D eigenvalue weighted by Gasteiger charge is 2.12. The van der Waals surface area contributed by atoms with E-state index in [1.165, 1.54) is 12.3 Å². The molecule has 9 heteroatoms. The summed E-state index contributed by atoms with van der Waals surface area (Å²) in [5.74, 6) is -0.545. The minimum atomic E-state index is -0.371. The number of benzene rings is 2. The van der Waals surface area contributed by atoms with Gasteiger partial charge in [-0.1, -0.05) is 41.2 Å². The fourth-order valence-electron chi connectivity index (χ4n) is 2.21. The molecule has 0 saturated carbocycles. The van der Waals surface area contributed by atoms with Gasteiger partial charge in [0.05, 0.1) is 12.6 Å². The second-order valence-electron chi connectivity index (χ2n) is 5.89. The summed E-state index contributed by atoms with van der Waals surface area (Å²) in [5, 5.41) is 24.4. The minimum Gasteiger partial charge on any atom is -0.508 e. The molecule has 0 atom stereocenters. The quantitative estimate of drug-likeness (QED) is 0.438. The van der Waals surface area contributed by atoms with Gasteiger partial charge in [0.1, 0.15) is 10.8 Å². The van der Waals surface area contributed by atoms with Crippen molar-refractivity contribution in [1.29, 1.82) is 0 Å². The van der Waals surface area contributed by atoms with Crippen LogP contribution < -0.4 is 10.7 Å². The summed E-state index contributed by atoms with van der Waals surface area (Å²) < 4.78 is 0. The molecule has 2 amide bonds. The van der Waals surface area contributed by atoms with Crippen LogP contribution in [0.1, 0.15) is 26.5 Å². The van der Waals surface area contributed by atoms with Crippen molar-refractivity contribution in [3.05, 3.63) is 70.2 Å². The molecule has 3 rings (SSSR count). The number of carbonyl (C=O) groups excluding carboxylic acids is 2. The smallest absolute Gasteiger partial charge is 0.257 e. The third-order valence-electron chi connectivity index (χ3n) is 3.59. The highest BCUT2D eigenvalue weighted by atomic mass is 32.1. The highest BCUT2D eigenvalue weighted by molar-refractivity contribution is 7.15. The van der Waals surface area contributed by atoms with E-state index < -0.39 is 0 Å². The van der Waals surface area contributed by atoms with Gasteiger partial charge in [-0.05, 0) is 36.8 Å². The number of rotatable bonds is 6. The fraction of sp³-hybridized carbons (Fsp3) is 0.105. The van der Waals surface area contributed by atoms with Crippen LogP contribution in [0.3, 0.4) is 0 Å². The normalized spacial score (nSPS) is 10.8. The lowest BCUT2D eigenvalue weighted by Gasteiger charge is -2.01. The van der Waals surface area contributed by atoms with Crippen LogP contribution in [0.2, 0.25) is 0 Å². The lowest BCUT2D eigenvalue weighted by atomic mass is 10.1. The monoisotopic (exact) mass is 395 g/mol. The summed E-state index contributed by atoms with van der Waals surface area (Å²) in [7, 11) is 0. The maximum absolute atomic E-state index is 12.2. The molecule has 0 saturated heterocycles. The number of hydrogen-bond acceptors (Lipinski definition) is 7. The molecule has 0 aliphatic rings. The molecule has 0 aliphatic heterocycles. The van der Waals surface area contributed by atoms with Crippen LogP contribution in [0.5, 0.6) is 5.75 Å². The molecular formula is C19H17N5O3S. The van der Waals surface area contributed by atoms with Crippen LogP contribution in [0, 0.1) is 6.92 Å². The van der Waals surface area contributed by atoms with E-state index in [1.54, 1.807) is 30.3 Å². The Balaban J connectivity index is 1.51. The van der Waals surface area contributed by atoms with E-state index in [0.717, 1.165) is 16.9 Å². The van der Waals surface area contributed by atoms with Crippen molar-refractivity contribution in [3.63, 3.8) is 0 Å². The number of nitrogens with one attached hydrogen (secondary N) is 2. The Bertz CT molecular complexity index is 1010. The Morgan fingerprint density at radius 1 is 1.18 bits per heavy atom. The molecule has 2 aromatic carbocycles. The zero-order valence-electron chi connectivity index (χ0n) is 14.9. The average molecular weight is 395 g/mol. The Labute approximate surface area is 165 Å². The van der Waals surface area contributed by atoms with E-state index in [-0.39, 0.29) is 24.0 Å². The lowest BCUT2D eigenvalue weighted by molar-refractivity contribution is -0.120. The van der Waals surface area contributed by atoms with Gasteiger partial charge in [-0.2, -0.15) is 5.10 Å². The van der Waals surface area contributed by atoms with Gasteiger partial charge in [0.25, 0.3) is 5.91 Å². The first-order valence-corrected chi connectivity index (χ1v) is 9.12. The molecule has 0 radical (unpaired) electrons. The molecule has 0 spiro atoms. The summed E-state index contributed by atoms with van der Waals surface area (Å²) >= 11 is 1.12. The molecule has 0 bridgehead atoms. The summed E-state index contributed by atoms with van der Waals surface area (Å²) in [6, 6.07) is 13.6. The van der Waals surface area contributed by atoms with Crippen molar-refractivity contribution >= 4 is 34.5 Å². The van der Waals surface area contributed by atoms with Gasteiger partial charge in [-0.25, -0.2) is 5.43 Å². The number of hydrogen-bond donors (Lipinski definition) is 3. The first-order chi connectivity index (χ1) is 13.5. The maximum atomic E-state index is 12.2. The van der Waals surface area contributed by atoms with Crippen molar-refractivity contribution < 1.29 is 14.7 Å². The number of amides is 2. The van der Waals surface area contributed by atoms with E-state index in [4.69, 9.17) is 0 Å². The predicted molar refractivity (Wildman–Crippen MR) is 107 cm³/mol. The fourth-order valence-corrected chi connectivity index (χ4v) is 2.94. The Morgan fingerprint density at radius 2 is 1.96 bits per heavy atom. The third kappa shape index (κ3) is 5.45. The minimum absolute atomic E-state index is 0.0184. The van der Waals surface area contributed by atoms with E-state index in [2.05, 4.69) is 26.0 Å². The molecule has 28 heavy (non-hydrogen) atoms.